The van der Waals surface area contributed by atoms with Crippen LogP contribution >= 0.6 is 0 Å². The summed E-state index contributed by atoms with van der Waals surface area (Å²) in [4.78, 5) is 0. The Bertz CT molecular complexity index is 148. The zero-order chi connectivity index (χ0) is 12.4. The van der Waals surface area contributed by atoms with Crippen LogP contribution < -0.4 is 0 Å². The number of aliphatic hydroxyl groups is 2. The van der Waals surface area contributed by atoms with Crippen molar-refractivity contribution in [3.8, 4) is 0 Å². The van der Waals surface area contributed by atoms with Gasteiger partial charge in [-0.05, 0) is 12.8 Å². The molecular formula is C14H30O2. The van der Waals surface area contributed by atoms with E-state index in [1.54, 1.807) is 0 Å². The van der Waals surface area contributed by atoms with E-state index in [2.05, 4.69) is 13.8 Å². The molecule has 0 aromatic heterocycles. The topological polar surface area (TPSA) is 40.5 Å². The summed E-state index contributed by atoms with van der Waals surface area (Å²) in [5.74, 6) is 0.0215. The lowest BCUT2D eigenvalue weighted by Crippen LogP contribution is -2.29. The summed E-state index contributed by atoms with van der Waals surface area (Å²) < 4.78 is 0. The van der Waals surface area contributed by atoms with Crippen LogP contribution in [0, 0.1) is 5.92 Å². The fourth-order valence-corrected chi connectivity index (χ4v) is 1.98. The second-order valence-electron chi connectivity index (χ2n) is 4.99. The van der Waals surface area contributed by atoms with E-state index in [1.165, 1.54) is 19.3 Å². The van der Waals surface area contributed by atoms with Crippen LogP contribution in [-0.2, 0) is 0 Å². The van der Waals surface area contributed by atoms with E-state index < -0.39 is 0 Å². The Labute approximate surface area is 101 Å². The van der Waals surface area contributed by atoms with Gasteiger partial charge >= 0.3 is 0 Å². The monoisotopic (exact) mass is 230 g/mol. The van der Waals surface area contributed by atoms with Crippen LogP contribution in [0.2, 0.25) is 0 Å². The van der Waals surface area contributed by atoms with Gasteiger partial charge in [0, 0.05) is 5.92 Å². The molecule has 2 heteroatoms. The minimum absolute atomic E-state index is 0.0215. The molecular weight excluding hydrogens is 200 g/mol. The molecule has 16 heavy (non-hydrogen) atoms. The predicted octanol–water partition coefficient (Wildman–Crippen LogP) is 3.50. The Kier molecular flexibility index (Phi) is 10.0. The summed E-state index contributed by atoms with van der Waals surface area (Å²) in [7, 11) is 0. The third-order valence-corrected chi connectivity index (χ3v) is 3.42. The molecule has 0 aromatic rings. The summed E-state index contributed by atoms with van der Waals surface area (Å²) in [6, 6.07) is 0. The molecule has 0 aliphatic carbocycles. The van der Waals surface area contributed by atoms with Gasteiger partial charge in [-0.1, -0.05) is 59.3 Å². The molecule has 3 atom stereocenters. The van der Waals surface area contributed by atoms with E-state index in [9.17, 15) is 10.2 Å². The SMILES string of the molecule is CCCCCCC(O)C(C)C(O)CCCC. The first-order chi connectivity index (χ1) is 7.63. The number of hydrogen-bond donors (Lipinski definition) is 2. The Hall–Kier alpha value is -0.0800. The average Bonchev–Trinajstić information content (AvgIpc) is 2.30. The van der Waals surface area contributed by atoms with Gasteiger partial charge in [-0.15, -0.1) is 0 Å². The second kappa shape index (κ2) is 10.1. The molecule has 2 nitrogen and oxygen atoms in total. The van der Waals surface area contributed by atoms with E-state index in [4.69, 9.17) is 0 Å². The average molecular weight is 230 g/mol. The van der Waals surface area contributed by atoms with Gasteiger partial charge in [-0.25, -0.2) is 0 Å². The van der Waals surface area contributed by atoms with Crippen LogP contribution in [0.3, 0.4) is 0 Å². The smallest absolute Gasteiger partial charge is 0.0590 e. The van der Waals surface area contributed by atoms with Gasteiger partial charge in [-0.2, -0.15) is 0 Å². The highest BCUT2D eigenvalue weighted by atomic mass is 16.3. The summed E-state index contributed by atoms with van der Waals surface area (Å²) in [5, 5.41) is 19.8. The van der Waals surface area contributed by atoms with Crippen molar-refractivity contribution in [2.45, 2.75) is 84.3 Å². The summed E-state index contributed by atoms with van der Waals surface area (Å²) in [5.41, 5.74) is 0. The Balaban J connectivity index is 3.66. The first-order valence-corrected chi connectivity index (χ1v) is 6.99. The molecule has 0 bridgehead atoms. The van der Waals surface area contributed by atoms with E-state index in [1.807, 2.05) is 6.92 Å². The van der Waals surface area contributed by atoms with E-state index in [0.717, 1.165) is 32.1 Å². The molecule has 0 amide bonds. The molecule has 0 heterocycles. The summed E-state index contributed by atoms with van der Waals surface area (Å²) >= 11 is 0. The fourth-order valence-electron chi connectivity index (χ4n) is 1.98. The van der Waals surface area contributed by atoms with Crippen LogP contribution in [0.1, 0.15) is 72.1 Å². The summed E-state index contributed by atoms with van der Waals surface area (Å²) in [6.07, 6.45) is 7.92. The maximum absolute atomic E-state index is 9.93. The van der Waals surface area contributed by atoms with Crippen molar-refractivity contribution in [3.63, 3.8) is 0 Å². The van der Waals surface area contributed by atoms with Gasteiger partial charge in [-0.3, -0.25) is 0 Å². The van der Waals surface area contributed by atoms with Gasteiger partial charge in [0.15, 0.2) is 0 Å². The first kappa shape index (κ1) is 15.9. The fraction of sp³-hybridized carbons (Fsp3) is 1.00. The van der Waals surface area contributed by atoms with Gasteiger partial charge in [0.05, 0.1) is 12.2 Å². The second-order valence-corrected chi connectivity index (χ2v) is 4.99. The van der Waals surface area contributed by atoms with Crippen molar-refractivity contribution in [2.24, 2.45) is 5.92 Å². The van der Waals surface area contributed by atoms with Crippen molar-refractivity contribution in [1.82, 2.24) is 0 Å². The highest BCUT2D eigenvalue weighted by molar-refractivity contribution is 4.72. The Morgan fingerprint density at radius 1 is 0.750 bits per heavy atom. The quantitative estimate of drug-likeness (QED) is 0.564. The normalized spacial score (nSPS) is 17.1. The number of unbranched alkanes of at least 4 members (excludes halogenated alkanes) is 4. The van der Waals surface area contributed by atoms with Crippen LogP contribution in [0.5, 0.6) is 0 Å². The maximum atomic E-state index is 9.93. The summed E-state index contributed by atoms with van der Waals surface area (Å²) in [6.45, 7) is 6.27. The third-order valence-electron chi connectivity index (χ3n) is 3.42. The van der Waals surface area contributed by atoms with Gasteiger partial charge in [0.25, 0.3) is 0 Å². The van der Waals surface area contributed by atoms with Crippen LogP contribution in [0.25, 0.3) is 0 Å². The minimum atomic E-state index is -0.332. The molecule has 0 saturated heterocycles. The molecule has 98 valence electrons. The largest absolute Gasteiger partial charge is 0.393 e. The zero-order valence-electron chi connectivity index (χ0n) is 11.3. The molecule has 0 aliphatic rings. The van der Waals surface area contributed by atoms with Crippen LogP contribution in [0.4, 0.5) is 0 Å². The molecule has 0 aliphatic heterocycles. The van der Waals surface area contributed by atoms with Crippen molar-refractivity contribution in [3.05, 3.63) is 0 Å². The lowest BCUT2D eigenvalue weighted by molar-refractivity contribution is 0.0117. The number of rotatable bonds is 10. The maximum Gasteiger partial charge on any atom is 0.0590 e. The first-order valence-electron chi connectivity index (χ1n) is 6.99. The third kappa shape index (κ3) is 7.24. The van der Waals surface area contributed by atoms with Gasteiger partial charge in [0.1, 0.15) is 0 Å². The molecule has 0 fully saturated rings. The van der Waals surface area contributed by atoms with Gasteiger partial charge in [0.2, 0.25) is 0 Å². The van der Waals surface area contributed by atoms with Crippen molar-refractivity contribution < 1.29 is 10.2 Å². The molecule has 0 radical (unpaired) electrons. The van der Waals surface area contributed by atoms with Crippen molar-refractivity contribution in [2.75, 3.05) is 0 Å². The number of hydrogen-bond acceptors (Lipinski definition) is 2. The lowest BCUT2D eigenvalue weighted by atomic mass is 9.91. The standard InChI is InChI=1S/C14H30O2/c1-4-6-8-9-11-14(16)12(3)13(15)10-7-5-2/h12-16H,4-11H2,1-3H3. The molecule has 0 rings (SSSR count). The van der Waals surface area contributed by atoms with Crippen molar-refractivity contribution in [1.29, 1.82) is 0 Å². The molecule has 3 unspecified atom stereocenters. The van der Waals surface area contributed by atoms with Crippen LogP contribution in [-0.4, -0.2) is 22.4 Å². The Morgan fingerprint density at radius 2 is 1.25 bits per heavy atom. The van der Waals surface area contributed by atoms with E-state index in [-0.39, 0.29) is 18.1 Å². The van der Waals surface area contributed by atoms with Crippen LogP contribution in [0.15, 0.2) is 0 Å². The van der Waals surface area contributed by atoms with E-state index in [0.29, 0.717) is 0 Å². The highest BCUT2D eigenvalue weighted by Gasteiger charge is 2.21. The number of aliphatic hydroxyl groups excluding tert-OH is 2. The molecule has 0 saturated carbocycles. The van der Waals surface area contributed by atoms with Crippen molar-refractivity contribution >= 4 is 0 Å². The molecule has 0 aromatic carbocycles. The zero-order valence-corrected chi connectivity index (χ0v) is 11.3. The van der Waals surface area contributed by atoms with E-state index >= 15 is 0 Å². The highest BCUT2D eigenvalue weighted by Crippen LogP contribution is 2.18. The predicted molar refractivity (Wildman–Crippen MR) is 69.5 cm³/mol. The lowest BCUT2D eigenvalue weighted by Gasteiger charge is -2.24. The Morgan fingerprint density at radius 3 is 1.75 bits per heavy atom. The minimum Gasteiger partial charge on any atom is -0.393 e. The molecule has 2 N–H and O–H groups in total. The van der Waals surface area contributed by atoms with Gasteiger partial charge < -0.3 is 10.2 Å². The molecule has 0 spiro atoms.